The van der Waals surface area contributed by atoms with Crippen LogP contribution >= 0.6 is 0 Å². The van der Waals surface area contributed by atoms with Crippen LogP contribution in [-0.2, 0) is 23.9 Å². The van der Waals surface area contributed by atoms with Crippen LogP contribution in [0.3, 0.4) is 0 Å². The lowest BCUT2D eigenvalue weighted by Gasteiger charge is -2.34. The van der Waals surface area contributed by atoms with Crippen molar-refractivity contribution in [3.05, 3.63) is 0 Å². The smallest absolute Gasteiger partial charge is 0.246 e. The van der Waals surface area contributed by atoms with E-state index in [1.54, 1.807) is 6.92 Å². The topological polar surface area (TPSA) is 93.7 Å². The molecular weight excluding hydrogens is 396 g/mol. The Morgan fingerprint density at radius 1 is 0.806 bits per heavy atom. The molecule has 7 nitrogen and oxygen atoms in total. The first-order valence-electron chi connectivity index (χ1n) is 11.1. The summed E-state index contributed by atoms with van der Waals surface area (Å²) in [5.41, 5.74) is -1.92. The van der Waals surface area contributed by atoms with Gasteiger partial charge in [0.15, 0.2) is 0 Å². The van der Waals surface area contributed by atoms with Gasteiger partial charge in [0, 0.05) is 24.9 Å². The van der Waals surface area contributed by atoms with E-state index in [9.17, 15) is 14.4 Å². The van der Waals surface area contributed by atoms with Crippen molar-refractivity contribution in [2.24, 2.45) is 16.7 Å². The van der Waals surface area contributed by atoms with Crippen LogP contribution in [-0.4, -0.2) is 55.1 Å². The number of rotatable bonds is 13. The van der Waals surface area contributed by atoms with Gasteiger partial charge in [-0.15, -0.1) is 0 Å². The van der Waals surface area contributed by atoms with Gasteiger partial charge < -0.3 is 24.9 Å². The maximum atomic E-state index is 12.7. The molecule has 0 aromatic heterocycles. The molecule has 0 aromatic carbocycles. The predicted octanol–water partition coefficient (Wildman–Crippen LogP) is 3.50. The van der Waals surface area contributed by atoms with Crippen molar-refractivity contribution < 1.29 is 23.9 Å². The minimum Gasteiger partial charge on any atom is -0.371 e. The van der Waals surface area contributed by atoms with Crippen LogP contribution in [0.4, 0.5) is 0 Å². The molecular formula is C24H46N2O5. The van der Waals surface area contributed by atoms with E-state index in [0.29, 0.717) is 19.5 Å². The number of Topliss-reactive ketones (excluding diaryl/α,β-unsaturated/α-hetero) is 1. The summed E-state index contributed by atoms with van der Waals surface area (Å²) in [5, 5.41) is 5.82. The highest BCUT2D eigenvalue weighted by molar-refractivity contribution is 5.83. The first-order chi connectivity index (χ1) is 13.8. The van der Waals surface area contributed by atoms with Gasteiger partial charge in [-0.25, -0.2) is 0 Å². The molecule has 0 saturated heterocycles. The van der Waals surface area contributed by atoms with Crippen LogP contribution in [0, 0.1) is 16.7 Å². The first kappa shape index (κ1) is 29.5. The molecule has 2 amide bonds. The molecule has 31 heavy (non-hydrogen) atoms. The van der Waals surface area contributed by atoms with Gasteiger partial charge in [0.2, 0.25) is 11.8 Å². The number of ketones is 1. The third kappa shape index (κ3) is 12.9. The molecule has 0 aliphatic heterocycles. The van der Waals surface area contributed by atoms with E-state index in [0.717, 1.165) is 0 Å². The molecule has 0 bridgehead atoms. The monoisotopic (exact) mass is 442 g/mol. The van der Waals surface area contributed by atoms with E-state index in [4.69, 9.17) is 9.47 Å². The van der Waals surface area contributed by atoms with Gasteiger partial charge in [-0.1, -0.05) is 41.5 Å². The van der Waals surface area contributed by atoms with Gasteiger partial charge in [0.05, 0.1) is 17.8 Å². The van der Waals surface area contributed by atoms with Crippen LogP contribution < -0.4 is 10.6 Å². The van der Waals surface area contributed by atoms with Crippen LogP contribution in [0.1, 0.15) is 82.6 Å². The van der Waals surface area contributed by atoms with E-state index >= 15 is 0 Å². The van der Waals surface area contributed by atoms with Gasteiger partial charge in [0.25, 0.3) is 0 Å². The number of hydrogen-bond acceptors (Lipinski definition) is 5. The Bertz CT molecular complexity index is 618. The summed E-state index contributed by atoms with van der Waals surface area (Å²) in [6.07, 6.45) is 0.370. The molecule has 0 aliphatic rings. The Morgan fingerprint density at radius 2 is 1.35 bits per heavy atom. The van der Waals surface area contributed by atoms with Crippen molar-refractivity contribution in [2.75, 3.05) is 26.3 Å². The Labute approximate surface area is 189 Å². The number of carbonyl (C=O) groups is 3. The third-order valence-electron chi connectivity index (χ3n) is 5.31. The number of carbonyl (C=O) groups excluding carboxylic acids is 3. The van der Waals surface area contributed by atoms with E-state index in [1.807, 2.05) is 48.5 Å². The highest BCUT2D eigenvalue weighted by atomic mass is 16.6. The molecule has 2 N–H and O–H groups in total. The summed E-state index contributed by atoms with van der Waals surface area (Å²) in [6, 6.07) is 0. The Hall–Kier alpha value is -1.47. The van der Waals surface area contributed by atoms with Crippen LogP contribution in [0.25, 0.3) is 0 Å². The minimum atomic E-state index is -0.662. The zero-order chi connectivity index (χ0) is 24.7. The molecule has 0 rings (SSSR count). The molecule has 0 spiro atoms. The van der Waals surface area contributed by atoms with E-state index in [1.165, 1.54) is 0 Å². The largest absolute Gasteiger partial charge is 0.371 e. The van der Waals surface area contributed by atoms with Crippen LogP contribution in [0.2, 0.25) is 0 Å². The maximum absolute atomic E-state index is 12.7. The Kier molecular flexibility index (Phi) is 10.9. The Morgan fingerprint density at radius 3 is 1.84 bits per heavy atom. The summed E-state index contributed by atoms with van der Waals surface area (Å²) in [6.45, 7) is 22.0. The van der Waals surface area contributed by atoms with Crippen molar-refractivity contribution in [3.63, 3.8) is 0 Å². The average Bonchev–Trinajstić information content (AvgIpc) is 2.60. The van der Waals surface area contributed by atoms with E-state index < -0.39 is 16.6 Å². The highest BCUT2D eigenvalue weighted by Gasteiger charge is 2.35. The lowest BCUT2D eigenvalue weighted by atomic mass is 9.76. The van der Waals surface area contributed by atoms with Crippen molar-refractivity contribution >= 4 is 17.6 Å². The molecule has 0 aromatic rings. The van der Waals surface area contributed by atoms with Gasteiger partial charge in [0.1, 0.15) is 12.4 Å². The van der Waals surface area contributed by atoms with E-state index in [-0.39, 0.29) is 42.1 Å². The van der Waals surface area contributed by atoms with Gasteiger partial charge in [-0.05, 0) is 46.0 Å². The summed E-state index contributed by atoms with van der Waals surface area (Å²) in [4.78, 5) is 36.1. The lowest BCUT2D eigenvalue weighted by molar-refractivity contribution is -0.146. The SMILES string of the molecule is CC(=O)CC(C)C(C)(C)C(=O)NCC(C)(C)OCC(C)(C)OCC(=O)NCC(C)(C)C. The normalized spacial score (nSPS) is 14.2. The summed E-state index contributed by atoms with van der Waals surface area (Å²) in [5.74, 6) is -0.252. The molecule has 0 heterocycles. The molecule has 1 unspecified atom stereocenters. The maximum Gasteiger partial charge on any atom is 0.246 e. The van der Waals surface area contributed by atoms with Gasteiger partial charge in [-0.2, -0.15) is 0 Å². The molecule has 0 radical (unpaired) electrons. The van der Waals surface area contributed by atoms with Crippen LogP contribution in [0.15, 0.2) is 0 Å². The predicted molar refractivity (Wildman–Crippen MR) is 124 cm³/mol. The summed E-state index contributed by atoms with van der Waals surface area (Å²) >= 11 is 0. The molecule has 182 valence electrons. The quantitative estimate of drug-likeness (QED) is 0.455. The second kappa shape index (κ2) is 11.4. The fraction of sp³-hybridized carbons (Fsp3) is 0.875. The first-order valence-corrected chi connectivity index (χ1v) is 11.1. The second-order valence-corrected chi connectivity index (χ2v) is 11.6. The Balaban J connectivity index is 4.57. The molecule has 0 fully saturated rings. The number of amides is 2. The molecule has 0 aliphatic carbocycles. The summed E-state index contributed by atoms with van der Waals surface area (Å²) < 4.78 is 11.7. The van der Waals surface area contributed by atoms with Gasteiger partial charge >= 0.3 is 0 Å². The van der Waals surface area contributed by atoms with E-state index in [2.05, 4.69) is 31.4 Å². The zero-order valence-electron chi connectivity index (χ0n) is 21.7. The van der Waals surface area contributed by atoms with Crippen molar-refractivity contribution in [1.29, 1.82) is 0 Å². The highest BCUT2D eigenvalue weighted by Crippen LogP contribution is 2.30. The second-order valence-electron chi connectivity index (χ2n) is 11.6. The van der Waals surface area contributed by atoms with Gasteiger partial charge in [-0.3, -0.25) is 9.59 Å². The third-order valence-corrected chi connectivity index (χ3v) is 5.31. The number of ether oxygens (including phenoxy) is 2. The van der Waals surface area contributed by atoms with Crippen molar-refractivity contribution in [2.45, 2.75) is 93.8 Å². The van der Waals surface area contributed by atoms with Crippen molar-refractivity contribution in [1.82, 2.24) is 10.6 Å². The zero-order valence-corrected chi connectivity index (χ0v) is 21.7. The molecule has 1 atom stereocenters. The fourth-order valence-electron chi connectivity index (χ4n) is 2.57. The standard InChI is InChI=1S/C24H46N2O5/c1-17(12-18(2)27)24(10,11)20(29)26-15-22(6,7)31-16-23(8,9)30-13-19(28)25-14-21(3,4)5/h17H,12-16H2,1-11H3,(H,25,28)(H,26,29). The molecule has 0 saturated carbocycles. The fourth-order valence-corrected chi connectivity index (χ4v) is 2.57. The number of hydrogen-bond donors (Lipinski definition) is 2. The van der Waals surface area contributed by atoms with Crippen LogP contribution in [0.5, 0.6) is 0 Å². The lowest BCUT2D eigenvalue weighted by Crippen LogP contribution is -2.49. The minimum absolute atomic E-state index is 0.0151. The number of nitrogens with one attached hydrogen (secondary N) is 2. The molecule has 7 heteroatoms. The van der Waals surface area contributed by atoms with Crippen molar-refractivity contribution in [3.8, 4) is 0 Å². The average molecular weight is 443 g/mol. The summed E-state index contributed by atoms with van der Waals surface area (Å²) in [7, 11) is 0.